The highest BCUT2D eigenvalue weighted by atomic mass is 35.5. The lowest BCUT2D eigenvalue weighted by Gasteiger charge is -2.20. The standard InChI is InChI=1S/C16H14ClFN4O2/c1-9(2)13-8-19-15-12(7-14(17)20-22(13)15)21(16(23)24)11-5-3-4-10(18)6-11/h3-9H,1-2H3,(H,23,24). The van der Waals surface area contributed by atoms with Crippen LogP contribution in [0.2, 0.25) is 5.15 Å². The van der Waals surface area contributed by atoms with Crippen molar-refractivity contribution in [1.29, 1.82) is 0 Å². The van der Waals surface area contributed by atoms with Crippen molar-refractivity contribution in [2.75, 3.05) is 4.90 Å². The van der Waals surface area contributed by atoms with Crippen LogP contribution in [0.25, 0.3) is 5.65 Å². The van der Waals surface area contributed by atoms with Gasteiger partial charge in [0.2, 0.25) is 0 Å². The van der Waals surface area contributed by atoms with Gasteiger partial charge in [0, 0.05) is 6.07 Å². The first-order valence-electron chi connectivity index (χ1n) is 7.21. The van der Waals surface area contributed by atoms with Crippen molar-refractivity contribution in [3.63, 3.8) is 0 Å². The molecule has 0 radical (unpaired) electrons. The Balaban J connectivity index is 2.27. The summed E-state index contributed by atoms with van der Waals surface area (Å²) in [7, 11) is 0. The smallest absolute Gasteiger partial charge is 0.416 e. The van der Waals surface area contributed by atoms with Gasteiger partial charge in [0.25, 0.3) is 0 Å². The highest BCUT2D eigenvalue weighted by Gasteiger charge is 2.23. The van der Waals surface area contributed by atoms with Crippen LogP contribution in [0.15, 0.2) is 36.5 Å². The third-order valence-electron chi connectivity index (χ3n) is 3.53. The molecule has 124 valence electrons. The summed E-state index contributed by atoms with van der Waals surface area (Å²) < 4.78 is 15.0. The maximum atomic E-state index is 13.5. The number of fused-ring (bicyclic) bond motifs is 1. The molecule has 0 bridgehead atoms. The van der Waals surface area contributed by atoms with Crippen LogP contribution in [-0.4, -0.2) is 25.8 Å². The topological polar surface area (TPSA) is 70.7 Å². The fourth-order valence-electron chi connectivity index (χ4n) is 2.47. The van der Waals surface area contributed by atoms with Gasteiger partial charge in [-0.25, -0.2) is 23.6 Å². The zero-order chi connectivity index (χ0) is 17.4. The molecule has 0 aliphatic heterocycles. The summed E-state index contributed by atoms with van der Waals surface area (Å²) in [6.45, 7) is 3.93. The fourth-order valence-corrected chi connectivity index (χ4v) is 2.65. The average Bonchev–Trinajstić information content (AvgIpc) is 2.91. The van der Waals surface area contributed by atoms with E-state index in [0.29, 0.717) is 5.65 Å². The molecule has 1 N–H and O–H groups in total. The van der Waals surface area contributed by atoms with Crippen LogP contribution in [0, 0.1) is 5.82 Å². The normalized spacial score (nSPS) is 11.2. The van der Waals surface area contributed by atoms with E-state index in [2.05, 4.69) is 10.1 Å². The highest BCUT2D eigenvalue weighted by molar-refractivity contribution is 6.29. The van der Waals surface area contributed by atoms with E-state index in [-0.39, 0.29) is 22.4 Å². The first kappa shape index (κ1) is 16.2. The number of imidazole rings is 1. The molecule has 3 rings (SSSR count). The maximum absolute atomic E-state index is 13.5. The van der Waals surface area contributed by atoms with Crippen LogP contribution in [0.4, 0.5) is 20.6 Å². The van der Waals surface area contributed by atoms with Crippen molar-refractivity contribution >= 4 is 34.7 Å². The van der Waals surface area contributed by atoms with Gasteiger partial charge in [-0.1, -0.05) is 31.5 Å². The first-order valence-corrected chi connectivity index (χ1v) is 7.59. The second-order valence-corrected chi connectivity index (χ2v) is 5.91. The van der Waals surface area contributed by atoms with Crippen molar-refractivity contribution < 1.29 is 14.3 Å². The monoisotopic (exact) mass is 348 g/mol. The van der Waals surface area contributed by atoms with Crippen LogP contribution in [-0.2, 0) is 0 Å². The number of halogens is 2. The molecule has 6 nitrogen and oxygen atoms in total. The van der Waals surface area contributed by atoms with Gasteiger partial charge in [0.1, 0.15) is 11.5 Å². The Morgan fingerprint density at radius 3 is 2.75 bits per heavy atom. The Labute approximate surface area is 142 Å². The van der Waals surface area contributed by atoms with Gasteiger partial charge in [0.15, 0.2) is 10.8 Å². The van der Waals surface area contributed by atoms with Gasteiger partial charge in [-0.15, -0.1) is 0 Å². The number of hydrogen-bond acceptors (Lipinski definition) is 3. The number of benzene rings is 1. The van der Waals surface area contributed by atoms with Gasteiger partial charge in [-0.2, -0.15) is 5.10 Å². The fraction of sp³-hybridized carbons (Fsp3) is 0.188. The summed E-state index contributed by atoms with van der Waals surface area (Å²) in [5.41, 5.74) is 1.48. The molecule has 0 aliphatic rings. The molecule has 0 fully saturated rings. The van der Waals surface area contributed by atoms with Crippen molar-refractivity contribution in [1.82, 2.24) is 14.6 Å². The molecule has 2 aromatic heterocycles. The van der Waals surface area contributed by atoms with Crippen LogP contribution < -0.4 is 4.90 Å². The van der Waals surface area contributed by atoms with E-state index in [4.69, 9.17) is 11.6 Å². The molecule has 24 heavy (non-hydrogen) atoms. The van der Waals surface area contributed by atoms with E-state index in [1.54, 1.807) is 6.20 Å². The van der Waals surface area contributed by atoms with Crippen molar-refractivity contribution in [3.8, 4) is 0 Å². The number of aromatic nitrogens is 3. The number of anilines is 2. The molecular weight excluding hydrogens is 335 g/mol. The molecule has 2 heterocycles. The molecule has 1 amide bonds. The molecule has 3 aromatic rings. The lowest BCUT2D eigenvalue weighted by atomic mass is 10.2. The predicted octanol–water partition coefficient (Wildman–Crippen LogP) is 4.46. The first-order chi connectivity index (χ1) is 11.4. The number of amides is 1. The van der Waals surface area contributed by atoms with E-state index >= 15 is 0 Å². The molecule has 0 unspecified atom stereocenters. The number of nitrogens with zero attached hydrogens (tertiary/aromatic N) is 4. The number of hydrogen-bond donors (Lipinski definition) is 1. The Bertz CT molecular complexity index is 926. The second kappa shape index (κ2) is 6.09. The summed E-state index contributed by atoms with van der Waals surface area (Å²) >= 11 is 6.07. The summed E-state index contributed by atoms with van der Waals surface area (Å²) in [5.74, 6) is -0.424. The van der Waals surface area contributed by atoms with Crippen LogP contribution >= 0.6 is 11.6 Å². The lowest BCUT2D eigenvalue weighted by molar-refractivity contribution is 0.205. The van der Waals surface area contributed by atoms with Crippen molar-refractivity contribution in [3.05, 3.63) is 53.2 Å². The summed E-state index contributed by atoms with van der Waals surface area (Å²) in [4.78, 5) is 17.0. The van der Waals surface area contributed by atoms with E-state index in [0.717, 1.165) is 16.7 Å². The summed E-state index contributed by atoms with van der Waals surface area (Å²) in [5, 5.41) is 13.9. The van der Waals surface area contributed by atoms with E-state index in [9.17, 15) is 14.3 Å². The van der Waals surface area contributed by atoms with Crippen LogP contribution in [0.3, 0.4) is 0 Å². The largest absolute Gasteiger partial charge is 0.464 e. The average molecular weight is 349 g/mol. The highest BCUT2D eigenvalue weighted by Crippen LogP contribution is 2.32. The number of carboxylic acid groups (broad SMARTS) is 1. The predicted molar refractivity (Wildman–Crippen MR) is 88.6 cm³/mol. The second-order valence-electron chi connectivity index (χ2n) is 5.52. The molecule has 0 spiro atoms. The molecule has 0 atom stereocenters. The molecule has 0 saturated heterocycles. The Morgan fingerprint density at radius 2 is 2.12 bits per heavy atom. The zero-order valence-electron chi connectivity index (χ0n) is 12.9. The Morgan fingerprint density at radius 1 is 1.38 bits per heavy atom. The number of rotatable bonds is 3. The quantitative estimate of drug-likeness (QED) is 0.758. The minimum absolute atomic E-state index is 0.111. The van der Waals surface area contributed by atoms with Gasteiger partial charge in [-0.3, -0.25) is 0 Å². The Kier molecular flexibility index (Phi) is 4.11. The lowest BCUT2D eigenvalue weighted by Crippen LogP contribution is -2.25. The summed E-state index contributed by atoms with van der Waals surface area (Å²) in [6, 6.07) is 6.70. The minimum atomic E-state index is -1.28. The van der Waals surface area contributed by atoms with Crippen LogP contribution in [0.5, 0.6) is 0 Å². The van der Waals surface area contributed by atoms with Gasteiger partial charge >= 0.3 is 6.09 Å². The minimum Gasteiger partial charge on any atom is -0.464 e. The van der Waals surface area contributed by atoms with Crippen molar-refractivity contribution in [2.24, 2.45) is 0 Å². The third kappa shape index (κ3) is 2.78. The van der Waals surface area contributed by atoms with E-state index < -0.39 is 11.9 Å². The van der Waals surface area contributed by atoms with Crippen LogP contribution in [0.1, 0.15) is 25.5 Å². The molecule has 0 saturated carbocycles. The molecule has 0 aliphatic carbocycles. The molecule has 1 aromatic carbocycles. The summed E-state index contributed by atoms with van der Waals surface area (Å²) in [6.07, 6.45) is 0.345. The third-order valence-corrected chi connectivity index (χ3v) is 3.72. The van der Waals surface area contributed by atoms with E-state index in [1.165, 1.54) is 28.8 Å². The van der Waals surface area contributed by atoms with Gasteiger partial charge < -0.3 is 5.11 Å². The van der Waals surface area contributed by atoms with Gasteiger partial charge in [-0.05, 0) is 24.1 Å². The maximum Gasteiger partial charge on any atom is 0.416 e. The van der Waals surface area contributed by atoms with E-state index in [1.807, 2.05) is 13.8 Å². The van der Waals surface area contributed by atoms with Gasteiger partial charge in [0.05, 0.1) is 17.6 Å². The zero-order valence-corrected chi connectivity index (χ0v) is 13.7. The Hall–Kier alpha value is -2.67. The number of carbonyl (C=O) groups is 1. The molecule has 8 heteroatoms. The SMILES string of the molecule is CC(C)c1cnc2c(N(C(=O)O)c3cccc(F)c3)cc(Cl)nn12. The van der Waals surface area contributed by atoms with Crippen molar-refractivity contribution in [2.45, 2.75) is 19.8 Å². The molecular formula is C16H14ClFN4O2.